The predicted octanol–water partition coefficient (Wildman–Crippen LogP) is 3.65. The summed E-state index contributed by atoms with van der Waals surface area (Å²) < 4.78 is 5.80. The lowest BCUT2D eigenvalue weighted by molar-refractivity contribution is -0.139. The summed E-state index contributed by atoms with van der Waals surface area (Å²) in [6.45, 7) is 1.88. The lowest BCUT2D eigenvalue weighted by atomic mass is 10.1. The molecule has 3 rings (SSSR count). The molecule has 1 aliphatic rings. The SMILES string of the molecule is Cc1ccc(Oc2ccc(C3NC(C(=O)O)CCS3)cc2C#N)c(C=O)c1. The highest BCUT2D eigenvalue weighted by Gasteiger charge is 2.27. The van der Waals surface area contributed by atoms with E-state index >= 15 is 0 Å². The van der Waals surface area contributed by atoms with Gasteiger partial charge >= 0.3 is 5.97 Å². The van der Waals surface area contributed by atoms with Gasteiger partial charge in [0, 0.05) is 0 Å². The van der Waals surface area contributed by atoms with Crippen LogP contribution < -0.4 is 10.1 Å². The summed E-state index contributed by atoms with van der Waals surface area (Å²) in [5.74, 6) is 0.585. The molecule has 0 amide bonds. The van der Waals surface area contributed by atoms with Crippen molar-refractivity contribution in [3.63, 3.8) is 0 Å². The maximum Gasteiger partial charge on any atom is 0.320 e. The molecule has 1 aliphatic heterocycles. The highest BCUT2D eigenvalue weighted by atomic mass is 32.2. The van der Waals surface area contributed by atoms with Crippen LogP contribution in [0, 0.1) is 18.3 Å². The molecule has 7 heteroatoms. The Labute approximate surface area is 161 Å². The van der Waals surface area contributed by atoms with E-state index in [2.05, 4.69) is 11.4 Å². The largest absolute Gasteiger partial charge is 0.480 e. The van der Waals surface area contributed by atoms with E-state index in [4.69, 9.17) is 4.74 Å². The van der Waals surface area contributed by atoms with Crippen LogP contribution >= 0.6 is 11.8 Å². The van der Waals surface area contributed by atoms with Gasteiger partial charge < -0.3 is 9.84 Å². The number of nitriles is 1. The van der Waals surface area contributed by atoms with Crippen molar-refractivity contribution in [1.82, 2.24) is 5.32 Å². The average Bonchev–Trinajstić information content (AvgIpc) is 2.69. The van der Waals surface area contributed by atoms with E-state index in [9.17, 15) is 20.0 Å². The molecule has 138 valence electrons. The molecule has 2 atom stereocenters. The molecule has 1 heterocycles. The lowest BCUT2D eigenvalue weighted by Gasteiger charge is -2.28. The third kappa shape index (κ3) is 4.30. The molecule has 0 aliphatic carbocycles. The number of rotatable bonds is 5. The number of carbonyl (C=O) groups excluding carboxylic acids is 1. The van der Waals surface area contributed by atoms with Crippen molar-refractivity contribution in [3.8, 4) is 17.6 Å². The quantitative estimate of drug-likeness (QED) is 0.762. The zero-order valence-electron chi connectivity index (χ0n) is 14.6. The van der Waals surface area contributed by atoms with Crippen LogP contribution in [-0.4, -0.2) is 29.2 Å². The Morgan fingerprint density at radius 2 is 2.11 bits per heavy atom. The minimum Gasteiger partial charge on any atom is -0.480 e. The zero-order chi connectivity index (χ0) is 19.4. The third-order valence-corrected chi connectivity index (χ3v) is 5.49. The number of aliphatic carboxylic acids is 1. The van der Waals surface area contributed by atoms with Gasteiger partial charge in [-0.1, -0.05) is 17.7 Å². The van der Waals surface area contributed by atoms with E-state index in [1.807, 2.05) is 13.0 Å². The van der Waals surface area contributed by atoms with Gasteiger partial charge in [-0.05, 0) is 48.9 Å². The van der Waals surface area contributed by atoms with Gasteiger partial charge in [0.25, 0.3) is 0 Å². The second-order valence-corrected chi connectivity index (χ2v) is 7.44. The molecule has 0 aromatic heterocycles. The minimum absolute atomic E-state index is 0.203. The van der Waals surface area contributed by atoms with Crippen LogP contribution in [0.4, 0.5) is 0 Å². The molecule has 2 aromatic rings. The van der Waals surface area contributed by atoms with Crippen molar-refractivity contribution in [2.24, 2.45) is 0 Å². The molecule has 6 nitrogen and oxygen atoms in total. The molecule has 0 bridgehead atoms. The van der Waals surface area contributed by atoms with Crippen molar-refractivity contribution in [2.45, 2.75) is 24.8 Å². The first-order chi connectivity index (χ1) is 13.0. The maximum absolute atomic E-state index is 11.3. The van der Waals surface area contributed by atoms with Crippen LogP contribution in [0.15, 0.2) is 36.4 Å². The molecule has 1 saturated heterocycles. The summed E-state index contributed by atoms with van der Waals surface area (Å²) in [5, 5.41) is 21.6. The predicted molar refractivity (Wildman–Crippen MR) is 102 cm³/mol. The fraction of sp³-hybridized carbons (Fsp3) is 0.250. The van der Waals surface area contributed by atoms with Crippen molar-refractivity contribution in [1.29, 1.82) is 5.26 Å². The van der Waals surface area contributed by atoms with Gasteiger partial charge in [-0.25, -0.2) is 0 Å². The molecule has 1 fully saturated rings. The summed E-state index contributed by atoms with van der Waals surface area (Å²) in [6.07, 6.45) is 1.28. The Morgan fingerprint density at radius 3 is 2.81 bits per heavy atom. The first-order valence-corrected chi connectivity index (χ1v) is 9.45. The number of carbonyl (C=O) groups is 2. The number of thioether (sulfide) groups is 1. The molecule has 2 unspecified atom stereocenters. The van der Waals surface area contributed by atoms with Crippen LogP contribution in [-0.2, 0) is 4.79 Å². The van der Waals surface area contributed by atoms with E-state index in [1.54, 1.807) is 42.1 Å². The van der Waals surface area contributed by atoms with Crippen LogP contribution in [0.5, 0.6) is 11.5 Å². The number of aryl methyl sites for hydroxylation is 1. The van der Waals surface area contributed by atoms with Crippen molar-refractivity contribution >= 4 is 24.0 Å². The van der Waals surface area contributed by atoms with E-state index < -0.39 is 12.0 Å². The molecular formula is C20H18N2O4S. The number of nitrogens with zero attached hydrogens (tertiary/aromatic N) is 1. The van der Waals surface area contributed by atoms with Crippen LogP contribution in [0.2, 0.25) is 0 Å². The fourth-order valence-corrected chi connectivity index (χ4v) is 4.07. The molecule has 2 aromatic carbocycles. The lowest BCUT2D eigenvalue weighted by Crippen LogP contribution is -2.41. The van der Waals surface area contributed by atoms with Crippen molar-refractivity contribution in [3.05, 3.63) is 58.7 Å². The fourth-order valence-electron chi connectivity index (χ4n) is 2.86. The maximum atomic E-state index is 11.3. The molecule has 0 radical (unpaired) electrons. The number of aldehydes is 1. The number of nitrogens with one attached hydrogen (secondary N) is 1. The Hall–Kier alpha value is -2.82. The van der Waals surface area contributed by atoms with Crippen molar-refractivity contribution < 1.29 is 19.4 Å². The zero-order valence-corrected chi connectivity index (χ0v) is 15.5. The molecular weight excluding hydrogens is 364 g/mol. The summed E-state index contributed by atoms with van der Waals surface area (Å²) in [5.41, 5.74) is 2.49. The highest BCUT2D eigenvalue weighted by molar-refractivity contribution is 7.99. The highest BCUT2D eigenvalue weighted by Crippen LogP contribution is 2.35. The Balaban J connectivity index is 1.86. The average molecular weight is 382 g/mol. The van der Waals surface area contributed by atoms with Gasteiger partial charge in [-0.15, -0.1) is 11.8 Å². The Kier molecular flexibility index (Phi) is 5.79. The van der Waals surface area contributed by atoms with Gasteiger partial charge in [0.05, 0.1) is 16.5 Å². The van der Waals surface area contributed by atoms with Gasteiger partial charge in [-0.3, -0.25) is 14.9 Å². The van der Waals surface area contributed by atoms with E-state index in [-0.39, 0.29) is 5.37 Å². The van der Waals surface area contributed by atoms with Gasteiger partial charge in [0.2, 0.25) is 0 Å². The molecule has 0 spiro atoms. The third-order valence-electron chi connectivity index (χ3n) is 4.28. The smallest absolute Gasteiger partial charge is 0.320 e. The molecule has 2 N–H and O–H groups in total. The Bertz CT molecular complexity index is 923. The standard InChI is InChI=1S/C20H18N2O4S/c1-12-2-4-18(15(8-12)11-23)26-17-5-3-13(9-14(17)10-21)19-22-16(20(24)25)6-7-27-19/h2-5,8-9,11,16,19,22H,6-7H2,1H3,(H,24,25). The number of hydrogen-bond acceptors (Lipinski definition) is 6. The van der Waals surface area contributed by atoms with Gasteiger partial charge in [0.1, 0.15) is 23.6 Å². The van der Waals surface area contributed by atoms with Crippen LogP contribution in [0.3, 0.4) is 0 Å². The summed E-state index contributed by atoms with van der Waals surface area (Å²) in [7, 11) is 0. The number of hydrogen-bond donors (Lipinski definition) is 2. The van der Waals surface area contributed by atoms with Crippen LogP contribution in [0.1, 0.15) is 38.8 Å². The normalized spacial score (nSPS) is 19.1. The monoisotopic (exact) mass is 382 g/mol. The second-order valence-electron chi connectivity index (χ2n) is 6.23. The summed E-state index contributed by atoms with van der Waals surface area (Å²) >= 11 is 1.60. The van der Waals surface area contributed by atoms with Crippen molar-refractivity contribution in [2.75, 3.05) is 5.75 Å². The minimum atomic E-state index is -0.874. The van der Waals surface area contributed by atoms with Gasteiger partial charge in [-0.2, -0.15) is 5.26 Å². The van der Waals surface area contributed by atoms with Gasteiger partial charge in [0.15, 0.2) is 6.29 Å². The summed E-state index contributed by atoms with van der Waals surface area (Å²) in [6, 6.07) is 11.9. The van der Waals surface area contributed by atoms with E-state index in [0.29, 0.717) is 29.0 Å². The first-order valence-electron chi connectivity index (χ1n) is 8.40. The van der Waals surface area contributed by atoms with Crippen LogP contribution in [0.25, 0.3) is 0 Å². The first kappa shape index (κ1) is 19.0. The topological polar surface area (TPSA) is 99.4 Å². The number of carboxylic acid groups (broad SMARTS) is 1. The summed E-state index contributed by atoms with van der Waals surface area (Å²) in [4.78, 5) is 22.5. The number of ether oxygens (including phenoxy) is 1. The molecule has 0 saturated carbocycles. The van der Waals surface area contributed by atoms with E-state index in [1.165, 1.54) is 0 Å². The number of carboxylic acids is 1. The molecule has 27 heavy (non-hydrogen) atoms. The Morgan fingerprint density at radius 1 is 1.33 bits per heavy atom. The second kappa shape index (κ2) is 8.25. The number of benzene rings is 2. The van der Waals surface area contributed by atoms with E-state index in [0.717, 1.165) is 23.2 Å².